The Morgan fingerprint density at radius 1 is 1.12 bits per heavy atom. The minimum Gasteiger partial charge on any atom is -0.382 e. The number of pyridine rings is 1. The highest BCUT2D eigenvalue weighted by molar-refractivity contribution is 7.88. The van der Waals surface area contributed by atoms with Gasteiger partial charge in [0.25, 0.3) is 5.91 Å². The third kappa shape index (κ3) is 4.10. The molecule has 0 bridgehead atoms. The molecule has 4 aromatic rings. The third-order valence-corrected chi connectivity index (χ3v) is 7.45. The summed E-state index contributed by atoms with van der Waals surface area (Å²) in [5.41, 5.74) is 9.10. The smallest absolute Gasteiger partial charge is 0.251 e. The number of anilines is 1. The molecule has 10 heteroatoms. The second kappa shape index (κ2) is 8.69. The van der Waals surface area contributed by atoms with Crippen LogP contribution in [-0.2, 0) is 16.6 Å². The van der Waals surface area contributed by atoms with E-state index in [4.69, 9.17) is 10.7 Å². The predicted octanol–water partition coefficient (Wildman–Crippen LogP) is 2.69. The standard InChI is InChI=1S/C24H26N6O3S/c1-34(32,33)29-14-17(10-7-13-26-24(31)16-8-3-2-4-9-16)30-20(15-29)28-21-22(30)18-11-5-6-12-19(18)27-23(21)25/h2-6,8-9,11-12,17H,7,10,13-15H2,1H3,(H2,25,27)(H,26,31)/t17-/m0/s1. The number of carbonyl (C=O) groups is 1. The molecular weight excluding hydrogens is 452 g/mol. The zero-order chi connectivity index (χ0) is 23.9. The first kappa shape index (κ1) is 22.3. The molecule has 0 spiro atoms. The van der Waals surface area contributed by atoms with Gasteiger partial charge in [-0.05, 0) is 31.0 Å². The summed E-state index contributed by atoms with van der Waals surface area (Å²) < 4.78 is 28.4. The number of hydrogen-bond acceptors (Lipinski definition) is 6. The van der Waals surface area contributed by atoms with Crippen LogP contribution in [0.5, 0.6) is 0 Å². The summed E-state index contributed by atoms with van der Waals surface area (Å²) in [4.78, 5) is 21.6. The lowest BCUT2D eigenvalue weighted by Crippen LogP contribution is -2.40. The number of hydrogen-bond donors (Lipinski definition) is 2. The molecule has 3 heterocycles. The Morgan fingerprint density at radius 2 is 1.85 bits per heavy atom. The molecule has 2 aromatic heterocycles. The monoisotopic (exact) mass is 478 g/mol. The Hall–Kier alpha value is -3.50. The maximum atomic E-state index is 12.4. The van der Waals surface area contributed by atoms with Crippen LogP contribution in [0.4, 0.5) is 5.82 Å². The summed E-state index contributed by atoms with van der Waals surface area (Å²) in [5, 5.41) is 3.88. The molecule has 3 N–H and O–H groups in total. The van der Waals surface area contributed by atoms with Crippen LogP contribution < -0.4 is 11.1 Å². The SMILES string of the molecule is CS(=O)(=O)N1Cc2nc3c(N)nc4ccccc4c3n2[C@@H](CCCNC(=O)c2ccccc2)C1. The van der Waals surface area contributed by atoms with Crippen LogP contribution in [0.25, 0.3) is 21.9 Å². The molecule has 2 aromatic carbocycles. The number of sulfonamides is 1. The Kier molecular flexibility index (Phi) is 5.70. The number of nitrogens with zero attached hydrogens (tertiary/aromatic N) is 4. The van der Waals surface area contributed by atoms with Crippen molar-refractivity contribution in [1.82, 2.24) is 24.2 Å². The van der Waals surface area contributed by atoms with Crippen molar-refractivity contribution in [3.8, 4) is 0 Å². The molecule has 0 fully saturated rings. The second-order valence-corrected chi connectivity index (χ2v) is 10.6. The van der Waals surface area contributed by atoms with E-state index < -0.39 is 10.0 Å². The van der Waals surface area contributed by atoms with Gasteiger partial charge in [0.2, 0.25) is 10.0 Å². The Morgan fingerprint density at radius 3 is 2.62 bits per heavy atom. The van der Waals surface area contributed by atoms with Gasteiger partial charge in [-0.15, -0.1) is 0 Å². The van der Waals surface area contributed by atoms with Crippen molar-refractivity contribution in [1.29, 1.82) is 0 Å². The summed E-state index contributed by atoms with van der Waals surface area (Å²) >= 11 is 0. The van der Waals surface area contributed by atoms with Gasteiger partial charge in [-0.2, -0.15) is 4.31 Å². The van der Waals surface area contributed by atoms with E-state index in [1.807, 2.05) is 42.5 Å². The number of fused-ring (bicyclic) bond motifs is 5. The van der Waals surface area contributed by atoms with Gasteiger partial charge in [0.05, 0.1) is 23.8 Å². The summed E-state index contributed by atoms with van der Waals surface area (Å²) in [7, 11) is -3.41. The highest BCUT2D eigenvalue weighted by Gasteiger charge is 2.33. The van der Waals surface area contributed by atoms with E-state index >= 15 is 0 Å². The molecule has 5 rings (SSSR count). The molecule has 1 amide bonds. The summed E-state index contributed by atoms with van der Waals surface area (Å²) in [6.07, 6.45) is 2.56. The van der Waals surface area contributed by atoms with Crippen molar-refractivity contribution in [3.05, 3.63) is 66.0 Å². The molecule has 1 aliphatic heterocycles. The molecule has 34 heavy (non-hydrogen) atoms. The van der Waals surface area contributed by atoms with Crippen LogP contribution in [0.2, 0.25) is 0 Å². The fraction of sp³-hybridized carbons (Fsp3) is 0.292. The molecule has 1 aliphatic rings. The third-order valence-electron chi connectivity index (χ3n) is 6.23. The van der Waals surface area contributed by atoms with Gasteiger partial charge in [-0.1, -0.05) is 36.4 Å². The maximum Gasteiger partial charge on any atom is 0.251 e. The molecule has 0 saturated heterocycles. The van der Waals surface area contributed by atoms with E-state index in [9.17, 15) is 13.2 Å². The Bertz CT molecular complexity index is 1480. The van der Waals surface area contributed by atoms with Crippen molar-refractivity contribution in [2.75, 3.05) is 25.1 Å². The number of benzene rings is 2. The van der Waals surface area contributed by atoms with Crippen molar-refractivity contribution >= 4 is 43.7 Å². The van der Waals surface area contributed by atoms with Gasteiger partial charge < -0.3 is 15.6 Å². The lowest BCUT2D eigenvalue weighted by molar-refractivity contribution is 0.0952. The minimum absolute atomic E-state index is 0.124. The largest absolute Gasteiger partial charge is 0.382 e. The fourth-order valence-electron chi connectivity index (χ4n) is 4.62. The number of nitrogen functional groups attached to an aromatic ring is 1. The van der Waals surface area contributed by atoms with Crippen LogP contribution in [0, 0.1) is 0 Å². The highest BCUT2D eigenvalue weighted by atomic mass is 32.2. The quantitative estimate of drug-likeness (QED) is 0.411. The zero-order valence-corrected chi connectivity index (χ0v) is 19.6. The first-order valence-corrected chi connectivity index (χ1v) is 13.0. The van der Waals surface area contributed by atoms with Crippen LogP contribution in [-0.4, -0.2) is 52.5 Å². The van der Waals surface area contributed by atoms with E-state index in [1.165, 1.54) is 10.6 Å². The molecule has 1 atom stereocenters. The van der Waals surface area contributed by atoms with Crippen LogP contribution >= 0.6 is 0 Å². The number of nitrogens with one attached hydrogen (secondary N) is 1. The molecule has 9 nitrogen and oxygen atoms in total. The number of imidazole rings is 1. The van der Waals surface area contributed by atoms with Gasteiger partial charge in [0.15, 0.2) is 5.82 Å². The number of aromatic nitrogens is 3. The Labute approximate surface area is 197 Å². The van der Waals surface area contributed by atoms with Crippen LogP contribution in [0.3, 0.4) is 0 Å². The van der Waals surface area contributed by atoms with Gasteiger partial charge in [-0.25, -0.2) is 18.4 Å². The first-order valence-electron chi connectivity index (χ1n) is 11.2. The van der Waals surface area contributed by atoms with Gasteiger partial charge in [0, 0.05) is 30.1 Å². The van der Waals surface area contributed by atoms with Crippen molar-refractivity contribution < 1.29 is 13.2 Å². The fourth-order valence-corrected chi connectivity index (χ4v) is 5.41. The Balaban J connectivity index is 1.46. The van der Waals surface area contributed by atoms with Crippen LogP contribution in [0.1, 0.15) is 35.1 Å². The number of rotatable bonds is 6. The highest BCUT2D eigenvalue weighted by Crippen LogP contribution is 2.36. The summed E-state index contributed by atoms with van der Waals surface area (Å²) in [6.45, 7) is 0.999. The number of amides is 1. The van der Waals surface area contributed by atoms with E-state index in [1.54, 1.807) is 12.1 Å². The number of para-hydroxylation sites is 1. The summed E-state index contributed by atoms with van der Waals surface area (Å²) in [6, 6.07) is 16.7. The molecular formula is C24H26N6O3S. The topological polar surface area (TPSA) is 123 Å². The second-order valence-electron chi connectivity index (χ2n) is 8.58. The predicted molar refractivity (Wildman–Crippen MR) is 132 cm³/mol. The molecule has 0 radical (unpaired) electrons. The van der Waals surface area contributed by atoms with Gasteiger partial charge in [0.1, 0.15) is 11.3 Å². The number of nitrogens with two attached hydrogens (primary N) is 1. The van der Waals surface area contributed by atoms with Crippen molar-refractivity contribution in [2.24, 2.45) is 0 Å². The minimum atomic E-state index is -3.41. The lowest BCUT2D eigenvalue weighted by Gasteiger charge is -2.33. The van der Waals surface area contributed by atoms with E-state index in [0.29, 0.717) is 48.7 Å². The average Bonchev–Trinajstić information content (AvgIpc) is 3.22. The zero-order valence-electron chi connectivity index (χ0n) is 18.8. The van der Waals surface area contributed by atoms with Gasteiger partial charge >= 0.3 is 0 Å². The van der Waals surface area contributed by atoms with Crippen molar-refractivity contribution in [3.63, 3.8) is 0 Å². The average molecular weight is 479 g/mol. The number of carbonyl (C=O) groups excluding carboxylic acids is 1. The van der Waals surface area contributed by atoms with E-state index in [2.05, 4.69) is 14.9 Å². The van der Waals surface area contributed by atoms with Gasteiger partial charge in [-0.3, -0.25) is 4.79 Å². The van der Waals surface area contributed by atoms with E-state index in [-0.39, 0.29) is 18.5 Å². The van der Waals surface area contributed by atoms with Crippen molar-refractivity contribution in [2.45, 2.75) is 25.4 Å². The first-order chi connectivity index (χ1) is 16.3. The lowest BCUT2D eigenvalue weighted by atomic mass is 10.1. The molecule has 0 unspecified atom stereocenters. The maximum absolute atomic E-state index is 12.4. The van der Waals surface area contributed by atoms with E-state index in [0.717, 1.165) is 16.4 Å². The molecule has 176 valence electrons. The summed E-state index contributed by atoms with van der Waals surface area (Å²) in [5.74, 6) is 0.853. The molecule has 0 saturated carbocycles. The molecule has 0 aliphatic carbocycles. The van der Waals surface area contributed by atoms with Crippen LogP contribution in [0.15, 0.2) is 54.6 Å². The normalized spacial score (nSPS) is 16.6.